The van der Waals surface area contributed by atoms with Crippen molar-refractivity contribution in [3.63, 3.8) is 0 Å². The number of β-lactam (4-membered cyclic amide) rings is 1. The number of imide groups is 1. The van der Waals surface area contributed by atoms with E-state index in [-0.39, 0.29) is 12.5 Å². The summed E-state index contributed by atoms with van der Waals surface area (Å²) in [5.41, 5.74) is 1.48. The van der Waals surface area contributed by atoms with Crippen molar-refractivity contribution in [2.45, 2.75) is 6.04 Å². The summed E-state index contributed by atoms with van der Waals surface area (Å²) in [7, 11) is 0. The van der Waals surface area contributed by atoms with Crippen LogP contribution >= 0.6 is 28.1 Å². The molecule has 2 heterocycles. The Hall–Kier alpha value is -2.16. The van der Waals surface area contributed by atoms with Gasteiger partial charge in [0.25, 0.3) is 11.8 Å². The molecule has 2 aromatic carbocycles. The first-order valence-corrected chi connectivity index (χ1v) is 9.40. The third kappa shape index (κ3) is 2.56. The minimum Gasteiger partial charge on any atom is -0.395 e. The van der Waals surface area contributed by atoms with Crippen LogP contribution in [0.25, 0.3) is 0 Å². The molecule has 1 saturated heterocycles. The summed E-state index contributed by atoms with van der Waals surface area (Å²) >= 11 is 4.19. The van der Waals surface area contributed by atoms with Crippen LogP contribution in [0.3, 0.4) is 0 Å². The smallest absolute Gasteiger partial charge is 0.273 e. The van der Waals surface area contributed by atoms with Crippen molar-refractivity contribution in [3.05, 3.63) is 69.7 Å². The fourth-order valence-corrected chi connectivity index (χ4v) is 4.70. The number of aliphatic hydroxyl groups is 1. The third-order valence-corrected chi connectivity index (χ3v) is 6.05. The molecule has 0 unspecified atom stereocenters. The molecule has 0 bridgehead atoms. The number of benzene rings is 2. The highest BCUT2D eigenvalue weighted by molar-refractivity contribution is 9.10. The number of carbonyl (C=O) groups is 3. The van der Waals surface area contributed by atoms with Gasteiger partial charge in [0.05, 0.1) is 41.8 Å². The van der Waals surface area contributed by atoms with E-state index < -0.39 is 23.8 Å². The van der Waals surface area contributed by atoms with Gasteiger partial charge in [0.1, 0.15) is 0 Å². The molecule has 3 amide bonds. The largest absolute Gasteiger partial charge is 0.395 e. The minimum atomic E-state index is -0.591. The third-order valence-electron chi connectivity index (χ3n) is 4.48. The van der Waals surface area contributed by atoms with Crippen molar-refractivity contribution >= 4 is 45.8 Å². The van der Waals surface area contributed by atoms with E-state index in [1.54, 1.807) is 24.3 Å². The molecule has 0 aliphatic carbocycles. The Morgan fingerprint density at radius 2 is 1.65 bits per heavy atom. The van der Waals surface area contributed by atoms with Crippen LogP contribution in [0.4, 0.5) is 0 Å². The molecule has 0 saturated carbocycles. The van der Waals surface area contributed by atoms with E-state index in [2.05, 4.69) is 15.9 Å². The molecular weight excluding hydrogens is 420 g/mol. The van der Waals surface area contributed by atoms with Crippen molar-refractivity contribution in [1.82, 2.24) is 8.61 Å². The second kappa shape index (κ2) is 6.53. The maximum absolute atomic E-state index is 12.5. The Labute approximate surface area is 162 Å². The van der Waals surface area contributed by atoms with Crippen LogP contribution in [0.5, 0.6) is 0 Å². The van der Waals surface area contributed by atoms with E-state index in [0.29, 0.717) is 11.1 Å². The maximum atomic E-state index is 12.5. The predicted octanol–water partition coefficient (Wildman–Crippen LogP) is 2.80. The Bertz CT molecular complexity index is 900. The zero-order valence-corrected chi connectivity index (χ0v) is 15.7. The Morgan fingerprint density at radius 1 is 1.00 bits per heavy atom. The molecule has 0 radical (unpaired) electrons. The van der Waals surface area contributed by atoms with Gasteiger partial charge in [-0.25, -0.2) is 0 Å². The zero-order chi connectivity index (χ0) is 18.4. The first-order valence-electron chi connectivity index (χ1n) is 7.88. The van der Waals surface area contributed by atoms with Gasteiger partial charge < -0.3 is 5.11 Å². The number of fused-ring (bicyclic) bond motifs is 1. The normalized spacial score (nSPS) is 21.8. The van der Waals surface area contributed by atoms with Gasteiger partial charge in [-0.05, 0) is 29.8 Å². The molecule has 6 nitrogen and oxygen atoms in total. The van der Waals surface area contributed by atoms with E-state index >= 15 is 0 Å². The molecular formula is C18H13BrN2O4S. The molecule has 0 aromatic heterocycles. The van der Waals surface area contributed by atoms with Gasteiger partial charge in [0.2, 0.25) is 5.91 Å². The summed E-state index contributed by atoms with van der Waals surface area (Å²) in [6.45, 7) is -0.296. The molecule has 1 fully saturated rings. The van der Waals surface area contributed by atoms with Crippen LogP contribution in [-0.2, 0) is 4.79 Å². The summed E-state index contributed by atoms with van der Waals surface area (Å²) in [4.78, 5) is 37.5. The highest BCUT2D eigenvalue weighted by atomic mass is 79.9. The lowest BCUT2D eigenvalue weighted by Gasteiger charge is -2.45. The molecule has 2 atom stereocenters. The van der Waals surface area contributed by atoms with Gasteiger partial charge >= 0.3 is 0 Å². The average Bonchev–Trinajstić information content (AvgIpc) is 2.88. The molecule has 2 aliphatic heterocycles. The summed E-state index contributed by atoms with van der Waals surface area (Å²) in [5.74, 6) is -1.78. The molecule has 0 spiro atoms. The SMILES string of the molecule is O=C1c2ccccc2C(=O)N1SN1C(=O)[C@H](CO)[C@@H]1c1cccc(Br)c1. The standard InChI is InChI=1S/C18H13BrN2O4S/c19-11-5-3-4-10(8-11)15-14(9-22)18(25)20(15)26-21-16(23)12-6-1-2-7-13(12)17(21)24/h1-8,14-15,22H,9H2/t14-,15+/m1/s1. The highest BCUT2D eigenvalue weighted by Crippen LogP contribution is 2.47. The van der Waals surface area contributed by atoms with Crippen LogP contribution in [0.1, 0.15) is 32.3 Å². The first-order chi connectivity index (χ1) is 12.5. The van der Waals surface area contributed by atoms with E-state index in [1.807, 2.05) is 24.3 Å². The first kappa shape index (κ1) is 17.3. The fraction of sp³-hybridized carbons (Fsp3) is 0.167. The van der Waals surface area contributed by atoms with Crippen molar-refractivity contribution < 1.29 is 19.5 Å². The maximum Gasteiger partial charge on any atom is 0.273 e. The van der Waals surface area contributed by atoms with Gasteiger partial charge in [0, 0.05) is 4.47 Å². The Kier molecular flexibility index (Phi) is 4.34. The van der Waals surface area contributed by atoms with E-state index in [1.165, 1.54) is 4.31 Å². The second-order valence-electron chi connectivity index (χ2n) is 5.98. The van der Waals surface area contributed by atoms with Gasteiger partial charge in [-0.1, -0.05) is 40.2 Å². The topological polar surface area (TPSA) is 77.9 Å². The fourth-order valence-electron chi connectivity index (χ4n) is 3.17. The number of nitrogens with zero attached hydrogens (tertiary/aromatic N) is 2. The zero-order valence-electron chi connectivity index (χ0n) is 13.3. The van der Waals surface area contributed by atoms with Gasteiger partial charge in [-0.15, -0.1) is 0 Å². The van der Waals surface area contributed by atoms with E-state index in [0.717, 1.165) is 26.5 Å². The average molecular weight is 433 g/mol. The number of aliphatic hydroxyl groups excluding tert-OH is 1. The lowest BCUT2D eigenvalue weighted by Crippen LogP contribution is -2.54. The van der Waals surface area contributed by atoms with Crippen LogP contribution in [0.15, 0.2) is 53.0 Å². The van der Waals surface area contributed by atoms with E-state index in [4.69, 9.17) is 0 Å². The van der Waals surface area contributed by atoms with Gasteiger partial charge in [0.15, 0.2) is 0 Å². The van der Waals surface area contributed by atoms with E-state index in [9.17, 15) is 19.5 Å². The summed E-state index contributed by atoms with van der Waals surface area (Å²) in [6, 6.07) is 13.6. The van der Waals surface area contributed by atoms with Crippen LogP contribution < -0.4 is 0 Å². The monoisotopic (exact) mass is 432 g/mol. The molecule has 2 aliphatic rings. The van der Waals surface area contributed by atoms with Crippen LogP contribution in [-0.4, -0.2) is 38.0 Å². The van der Waals surface area contributed by atoms with Crippen LogP contribution in [0, 0.1) is 5.92 Å². The Balaban J connectivity index is 1.62. The van der Waals surface area contributed by atoms with Crippen molar-refractivity contribution in [1.29, 1.82) is 0 Å². The molecule has 8 heteroatoms. The van der Waals surface area contributed by atoms with Crippen molar-refractivity contribution in [2.24, 2.45) is 5.92 Å². The Morgan fingerprint density at radius 3 is 2.23 bits per heavy atom. The number of amides is 3. The summed E-state index contributed by atoms with van der Waals surface area (Å²) in [5, 5.41) is 9.57. The number of hydrogen-bond donors (Lipinski definition) is 1. The molecule has 1 N–H and O–H groups in total. The number of halogens is 1. The number of hydrogen-bond acceptors (Lipinski definition) is 5. The summed E-state index contributed by atoms with van der Waals surface area (Å²) in [6.07, 6.45) is 0. The highest BCUT2D eigenvalue weighted by Gasteiger charge is 2.51. The molecule has 2 aromatic rings. The summed E-state index contributed by atoms with van der Waals surface area (Å²) < 4.78 is 3.22. The molecule has 132 valence electrons. The minimum absolute atomic E-state index is 0.296. The van der Waals surface area contributed by atoms with Crippen molar-refractivity contribution in [3.8, 4) is 0 Å². The number of rotatable bonds is 4. The van der Waals surface area contributed by atoms with Crippen LogP contribution in [0.2, 0.25) is 0 Å². The van der Waals surface area contributed by atoms with Crippen molar-refractivity contribution in [2.75, 3.05) is 6.61 Å². The lowest BCUT2D eigenvalue weighted by atomic mass is 9.86. The predicted molar refractivity (Wildman–Crippen MR) is 98.8 cm³/mol. The van der Waals surface area contributed by atoms with Gasteiger partial charge in [-0.3, -0.25) is 18.7 Å². The quantitative estimate of drug-likeness (QED) is 0.456. The number of carbonyl (C=O) groups excluding carboxylic acids is 3. The lowest BCUT2D eigenvalue weighted by molar-refractivity contribution is -0.148. The molecule has 26 heavy (non-hydrogen) atoms. The second-order valence-corrected chi connectivity index (χ2v) is 7.82. The van der Waals surface area contributed by atoms with Gasteiger partial charge in [-0.2, -0.15) is 4.31 Å². The molecule has 4 rings (SSSR count).